The fourth-order valence-electron chi connectivity index (χ4n) is 1.31. The van der Waals surface area contributed by atoms with E-state index in [1.54, 1.807) is 25.1 Å². The number of ether oxygens (including phenoxy) is 1. The molecular weight excluding hydrogens is 238 g/mol. The van der Waals surface area contributed by atoms with Crippen molar-refractivity contribution in [3.05, 3.63) is 29.3 Å². The summed E-state index contributed by atoms with van der Waals surface area (Å²) in [6.45, 7) is 1.87. The number of aryl methyl sites for hydroxylation is 1. The van der Waals surface area contributed by atoms with E-state index in [4.69, 9.17) is 5.73 Å². The predicted molar refractivity (Wildman–Crippen MR) is 63.8 cm³/mol. The molecule has 0 radical (unpaired) electrons. The van der Waals surface area contributed by atoms with Crippen LogP contribution >= 0.6 is 0 Å². The van der Waals surface area contributed by atoms with Gasteiger partial charge in [-0.2, -0.15) is 0 Å². The van der Waals surface area contributed by atoms with Crippen LogP contribution in [0.2, 0.25) is 0 Å². The number of primary amides is 1. The topological polar surface area (TPSA) is 111 Å². The molecule has 0 fully saturated rings. The number of rotatable bonds is 4. The second-order valence-corrected chi connectivity index (χ2v) is 3.47. The van der Waals surface area contributed by atoms with Crippen molar-refractivity contribution in [3.8, 4) is 0 Å². The first-order valence-corrected chi connectivity index (χ1v) is 5.06. The van der Waals surface area contributed by atoms with E-state index in [0.29, 0.717) is 5.69 Å². The summed E-state index contributed by atoms with van der Waals surface area (Å²) in [6, 6.07) is 4.38. The van der Waals surface area contributed by atoms with E-state index in [1.165, 1.54) is 0 Å². The van der Waals surface area contributed by atoms with Crippen molar-refractivity contribution >= 4 is 24.2 Å². The molecule has 0 aromatic heterocycles. The van der Waals surface area contributed by atoms with Crippen LogP contribution in [0.3, 0.4) is 0 Å². The van der Waals surface area contributed by atoms with E-state index < -0.39 is 12.1 Å². The number of imide groups is 1. The van der Waals surface area contributed by atoms with Crippen LogP contribution in [0.1, 0.15) is 11.1 Å². The molecule has 1 rings (SSSR count). The summed E-state index contributed by atoms with van der Waals surface area (Å²) >= 11 is 0. The first-order chi connectivity index (χ1) is 8.52. The summed E-state index contributed by atoms with van der Waals surface area (Å²) in [5.41, 5.74) is 6.98. The van der Waals surface area contributed by atoms with Crippen molar-refractivity contribution in [1.82, 2.24) is 5.32 Å². The number of nitrogens with one attached hydrogen (secondary N) is 2. The van der Waals surface area contributed by atoms with Gasteiger partial charge in [0.05, 0.1) is 0 Å². The Hall–Kier alpha value is -2.57. The monoisotopic (exact) mass is 251 g/mol. The second-order valence-electron chi connectivity index (χ2n) is 3.47. The molecule has 4 N–H and O–H groups in total. The average molecular weight is 251 g/mol. The van der Waals surface area contributed by atoms with Crippen molar-refractivity contribution < 1.29 is 19.1 Å². The number of nitrogens with two attached hydrogens (primary N) is 1. The second kappa shape index (κ2) is 6.24. The van der Waals surface area contributed by atoms with Crippen LogP contribution < -0.4 is 16.4 Å². The smallest absolute Gasteiger partial charge is 0.404 e. The molecule has 0 atom stereocenters. The van der Waals surface area contributed by atoms with Crippen LogP contribution in [0.5, 0.6) is 0 Å². The molecule has 0 unspecified atom stereocenters. The van der Waals surface area contributed by atoms with Crippen molar-refractivity contribution in [2.24, 2.45) is 5.73 Å². The molecule has 0 saturated carbocycles. The highest BCUT2D eigenvalue weighted by Crippen LogP contribution is 2.15. The number of urea groups is 1. The van der Waals surface area contributed by atoms with Gasteiger partial charge in [-0.1, -0.05) is 6.07 Å². The molecule has 7 heteroatoms. The average Bonchev–Trinajstić information content (AvgIpc) is 2.28. The Balaban J connectivity index is 2.69. The molecule has 0 aliphatic heterocycles. The van der Waals surface area contributed by atoms with Crippen molar-refractivity contribution in [3.63, 3.8) is 0 Å². The lowest BCUT2D eigenvalue weighted by atomic mass is 10.1. The standard InChI is InChI=1S/C11H13N3O4/c1-7-4-9(14-11(17)13-6-15)3-2-8(7)5-18-10(12)16/h2-4,6H,5H2,1H3,(H2,12,16)(H2,13,14,15,17). The molecule has 96 valence electrons. The Kier molecular flexibility index (Phi) is 4.67. The zero-order chi connectivity index (χ0) is 13.5. The van der Waals surface area contributed by atoms with Crippen LogP contribution in [0.15, 0.2) is 18.2 Å². The summed E-state index contributed by atoms with van der Waals surface area (Å²) in [5.74, 6) is 0. The largest absolute Gasteiger partial charge is 0.445 e. The third-order valence-corrected chi connectivity index (χ3v) is 2.16. The molecule has 0 spiro atoms. The SMILES string of the molecule is Cc1cc(NC(=O)NC=O)ccc1COC(N)=O. The number of carbonyl (C=O) groups excluding carboxylic acids is 3. The maximum atomic E-state index is 11.1. The molecular formula is C11H13N3O4. The maximum Gasteiger partial charge on any atom is 0.404 e. The van der Waals surface area contributed by atoms with Crippen LogP contribution in [0.4, 0.5) is 15.3 Å². The number of amides is 4. The fraction of sp³-hybridized carbons (Fsp3) is 0.182. The van der Waals surface area contributed by atoms with Crippen molar-refractivity contribution in [1.29, 1.82) is 0 Å². The van der Waals surface area contributed by atoms with E-state index in [9.17, 15) is 14.4 Å². The molecule has 0 heterocycles. The number of benzene rings is 1. The number of carbonyl (C=O) groups is 3. The van der Waals surface area contributed by atoms with Gasteiger partial charge in [-0.15, -0.1) is 0 Å². The van der Waals surface area contributed by atoms with Crippen molar-refractivity contribution in [2.45, 2.75) is 13.5 Å². The predicted octanol–water partition coefficient (Wildman–Crippen LogP) is 0.868. The molecule has 0 aliphatic carbocycles. The van der Waals surface area contributed by atoms with Gasteiger partial charge in [-0.3, -0.25) is 10.1 Å². The summed E-state index contributed by atoms with van der Waals surface area (Å²) in [6.07, 6.45) is -0.556. The lowest BCUT2D eigenvalue weighted by Crippen LogP contribution is -2.27. The zero-order valence-corrected chi connectivity index (χ0v) is 9.73. The Morgan fingerprint density at radius 2 is 2.17 bits per heavy atom. The zero-order valence-electron chi connectivity index (χ0n) is 9.73. The normalized spacial score (nSPS) is 9.39. The summed E-state index contributed by atoms with van der Waals surface area (Å²) in [4.78, 5) is 31.6. The minimum absolute atomic E-state index is 0.0714. The number of hydrogen-bond acceptors (Lipinski definition) is 4. The highest BCUT2D eigenvalue weighted by Gasteiger charge is 2.04. The van der Waals surface area contributed by atoms with Crippen LogP contribution in [-0.2, 0) is 16.1 Å². The van der Waals surface area contributed by atoms with E-state index in [2.05, 4.69) is 10.1 Å². The van der Waals surface area contributed by atoms with Gasteiger partial charge in [0.1, 0.15) is 6.61 Å². The summed E-state index contributed by atoms with van der Waals surface area (Å²) in [7, 11) is 0. The van der Waals surface area contributed by atoms with Crippen molar-refractivity contribution in [2.75, 3.05) is 5.32 Å². The lowest BCUT2D eigenvalue weighted by molar-refractivity contribution is -0.108. The van der Waals surface area contributed by atoms with Gasteiger partial charge >= 0.3 is 12.1 Å². The van der Waals surface area contributed by atoms with Gasteiger partial charge in [-0.05, 0) is 30.2 Å². The first kappa shape index (κ1) is 13.5. The number of hydrogen-bond donors (Lipinski definition) is 3. The molecule has 7 nitrogen and oxygen atoms in total. The molecule has 1 aromatic carbocycles. The Bertz CT molecular complexity index is 473. The van der Waals surface area contributed by atoms with Gasteiger partial charge in [0.25, 0.3) is 0 Å². The van der Waals surface area contributed by atoms with Gasteiger partial charge in [0.2, 0.25) is 6.41 Å². The van der Waals surface area contributed by atoms with Crippen LogP contribution in [-0.4, -0.2) is 18.5 Å². The van der Waals surface area contributed by atoms with E-state index >= 15 is 0 Å². The summed E-state index contributed by atoms with van der Waals surface area (Å²) < 4.78 is 4.66. The van der Waals surface area contributed by atoms with E-state index in [-0.39, 0.29) is 13.0 Å². The number of anilines is 1. The molecule has 4 amide bonds. The fourth-order valence-corrected chi connectivity index (χ4v) is 1.31. The summed E-state index contributed by atoms with van der Waals surface area (Å²) in [5, 5.41) is 4.41. The first-order valence-electron chi connectivity index (χ1n) is 5.06. The Morgan fingerprint density at radius 3 is 2.72 bits per heavy atom. The van der Waals surface area contributed by atoms with Crippen LogP contribution in [0.25, 0.3) is 0 Å². The van der Waals surface area contributed by atoms with Gasteiger partial charge in [-0.25, -0.2) is 9.59 Å². The third-order valence-electron chi connectivity index (χ3n) is 2.16. The van der Waals surface area contributed by atoms with Gasteiger partial charge in [0.15, 0.2) is 0 Å². The Morgan fingerprint density at radius 1 is 1.44 bits per heavy atom. The van der Waals surface area contributed by atoms with Gasteiger partial charge < -0.3 is 15.8 Å². The van der Waals surface area contributed by atoms with Gasteiger partial charge in [0, 0.05) is 5.69 Å². The molecule has 0 saturated heterocycles. The van der Waals surface area contributed by atoms with Crippen LogP contribution in [0, 0.1) is 6.92 Å². The molecule has 0 bridgehead atoms. The highest BCUT2D eigenvalue weighted by molar-refractivity contribution is 5.95. The van der Waals surface area contributed by atoms with E-state index in [1.807, 2.05) is 5.32 Å². The molecule has 0 aliphatic rings. The molecule has 18 heavy (non-hydrogen) atoms. The molecule has 1 aromatic rings. The minimum atomic E-state index is -0.845. The quantitative estimate of drug-likeness (QED) is 0.689. The lowest BCUT2D eigenvalue weighted by Gasteiger charge is -2.09. The highest BCUT2D eigenvalue weighted by atomic mass is 16.5. The Labute approximate surface area is 103 Å². The van der Waals surface area contributed by atoms with E-state index in [0.717, 1.165) is 11.1 Å². The maximum absolute atomic E-state index is 11.1. The minimum Gasteiger partial charge on any atom is -0.445 e. The third kappa shape index (κ3) is 4.12.